The second-order valence-electron chi connectivity index (χ2n) is 7.12. The van der Waals surface area contributed by atoms with Gasteiger partial charge in [-0.1, -0.05) is 36.2 Å². The van der Waals surface area contributed by atoms with E-state index in [-0.39, 0.29) is 12.1 Å². The third-order valence-corrected chi connectivity index (χ3v) is 3.91. The van der Waals surface area contributed by atoms with E-state index in [0.717, 1.165) is 19.3 Å². The number of carbonyl (C=O) groups excluding carboxylic acids is 1. The number of alkyl carbamates (subject to hydrolysis) is 1. The van der Waals surface area contributed by atoms with Crippen molar-refractivity contribution in [3.8, 4) is 0 Å². The number of ether oxygens (including phenoxy) is 1. The van der Waals surface area contributed by atoms with Gasteiger partial charge in [-0.05, 0) is 58.4 Å². The standard InChI is InChI=1S/C18H27NO2/c1-13-7-5-8-14(11-13)15-9-6-10-16(12-15)19-17(20)21-18(2,3)4/h5,7-8,11,15-16H,6,9-10,12H2,1-4H3,(H,19,20). The van der Waals surface area contributed by atoms with Crippen molar-refractivity contribution in [3.05, 3.63) is 35.4 Å². The van der Waals surface area contributed by atoms with Gasteiger partial charge in [0, 0.05) is 6.04 Å². The van der Waals surface area contributed by atoms with Crippen LogP contribution in [0.25, 0.3) is 0 Å². The second-order valence-corrected chi connectivity index (χ2v) is 7.12. The van der Waals surface area contributed by atoms with Crippen molar-refractivity contribution in [2.24, 2.45) is 0 Å². The smallest absolute Gasteiger partial charge is 0.407 e. The van der Waals surface area contributed by atoms with Crippen LogP contribution in [0.3, 0.4) is 0 Å². The summed E-state index contributed by atoms with van der Waals surface area (Å²) in [6.45, 7) is 7.80. The van der Waals surface area contributed by atoms with E-state index in [1.54, 1.807) is 0 Å². The normalized spacial score (nSPS) is 22.7. The highest BCUT2D eigenvalue weighted by Crippen LogP contribution is 2.33. The fraction of sp³-hybridized carbons (Fsp3) is 0.611. The summed E-state index contributed by atoms with van der Waals surface area (Å²) in [6, 6.07) is 8.94. The maximum Gasteiger partial charge on any atom is 0.407 e. The zero-order valence-corrected chi connectivity index (χ0v) is 13.6. The molecule has 0 radical (unpaired) electrons. The van der Waals surface area contributed by atoms with Gasteiger partial charge in [-0.3, -0.25) is 0 Å². The summed E-state index contributed by atoms with van der Waals surface area (Å²) in [6.07, 6.45) is 4.11. The minimum Gasteiger partial charge on any atom is -0.444 e. The molecule has 0 saturated heterocycles. The molecule has 1 amide bonds. The van der Waals surface area contributed by atoms with Crippen LogP contribution in [-0.4, -0.2) is 17.7 Å². The summed E-state index contributed by atoms with van der Waals surface area (Å²) < 4.78 is 5.35. The molecule has 3 heteroatoms. The average molecular weight is 289 g/mol. The van der Waals surface area contributed by atoms with E-state index >= 15 is 0 Å². The van der Waals surface area contributed by atoms with Crippen LogP contribution in [0.4, 0.5) is 4.79 Å². The lowest BCUT2D eigenvalue weighted by Gasteiger charge is -2.31. The molecule has 0 heterocycles. The second kappa shape index (κ2) is 6.50. The Hall–Kier alpha value is -1.51. The minimum absolute atomic E-state index is 0.221. The number of amides is 1. The Morgan fingerprint density at radius 2 is 2.05 bits per heavy atom. The predicted octanol–water partition coefficient (Wildman–Crippen LogP) is 4.55. The van der Waals surface area contributed by atoms with E-state index in [1.807, 2.05) is 20.8 Å². The van der Waals surface area contributed by atoms with Gasteiger partial charge < -0.3 is 10.1 Å². The molecular weight excluding hydrogens is 262 g/mol. The van der Waals surface area contributed by atoms with E-state index in [0.29, 0.717) is 5.92 Å². The van der Waals surface area contributed by atoms with Crippen LogP contribution in [0.2, 0.25) is 0 Å². The molecule has 2 unspecified atom stereocenters. The fourth-order valence-electron chi connectivity index (χ4n) is 3.02. The van der Waals surface area contributed by atoms with Crippen LogP contribution < -0.4 is 5.32 Å². The van der Waals surface area contributed by atoms with Gasteiger partial charge in [-0.2, -0.15) is 0 Å². The van der Waals surface area contributed by atoms with Crippen LogP contribution in [-0.2, 0) is 4.74 Å². The summed E-state index contributed by atoms with van der Waals surface area (Å²) >= 11 is 0. The number of nitrogens with one attached hydrogen (secondary N) is 1. The monoisotopic (exact) mass is 289 g/mol. The lowest BCUT2D eigenvalue weighted by atomic mass is 9.81. The third-order valence-electron chi connectivity index (χ3n) is 3.91. The number of aryl methyl sites for hydroxylation is 1. The van der Waals surface area contributed by atoms with E-state index in [4.69, 9.17) is 4.74 Å². The van der Waals surface area contributed by atoms with Crippen molar-refractivity contribution in [2.75, 3.05) is 0 Å². The van der Waals surface area contributed by atoms with Crippen molar-refractivity contribution in [2.45, 2.75) is 70.9 Å². The Kier molecular flexibility index (Phi) is 4.92. The van der Waals surface area contributed by atoms with Crippen molar-refractivity contribution < 1.29 is 9.53 Å². The molecule has 1 aromatic rings. The maximum atomic E-state index is 11.9. The van der Waals surface area contributed by atoms with E-state index < -0.39 is 5.60 Å². The highest BCUT2D eigenvalue weighted by atomic mass is 16.6. The molecule has 21 heavy (non-hydrogen) atoms. The Morgan fingerprint density at radius 1 is 1.29 bits per heavy atom. The number of hydrogen-bond acceptors (Lipinski definition) is 2. The summed E-state index contributed by atoms with van der Waals surface area (Å²) in [5.74, 6) is 0.540. The average Bonchev–Trinajstić information content (AvgIpc) is 2.36. The molecule has 1 fully saturated rings. The predicted molar refractivity (Wildman–Crippen MR) is 85.5 cm³/mol. The SMILES string of the molecule is Cc1cccc(C2CCCC(NC(=O)OC(C)(C)C)C2)c1. The van der Waals surface area contributed by atoms with E-state index in [9.17, 15) is 4.79 Å². The molecule has 3 nitrogen and oxygen atoms in total. The topological polar surface area (TPSA) is 38.3 Å². The number of carbonyl (C=O) groups is 1. The molecule has 0 aromatic heterocycles. The molecule has 0 bridgehead atoms. The first-order valence-corrected chi connectivity index (χ1v) is 7.89. The zero-order chi connectivity index (χ0) is 15.5. The van der Waals surface area contributed by atoms with Crippen LogP contribution >= 0.6 is 0 Å². The lowest BCUT2D eigenvalue weighted by molar-refractivity contribution is 0.0490. The highest BCUT2D eigenvalue weighted by Gasteiger charge is 2.26. The van der Waals surface area contributed by atoms with Gasteiger partial charge in [0.25, 0.3) is 0 Å². The fourth-order valence-corrected chi connectivity index (χ4v) is 3.02. The molecule has 2 rings (SSSR count). The summed E-state index contributed by atoms with van der Waals surface area (Å²) in [5, 5.41) is 3.03. The van der Waals surface area contributed by atoms with Crippen molar-refractivity contribution in [1.29, 1.82) is 0 Å². The molecule has 1 N–H and O–H groups in total. The van der Waals surface area contributed by atoms with Crippen LogP contribution in [0.15, 0.2) is 24.3 Å². The first-order valence-electron chi connectivity index (χ1n) is 7.89. The molecule has 116 valence electrons. The largest absolute Gasteiger partial charge is 0.444 e. The first kappa shape index (κ1) is 15.9. The summed E-state index contributed by atoms with van der Waals surface area (Å²) in [7, 11) is 0. The third kappa shape index (κ3) is 5.07. The number of rotatable bonds is 2. The van der Waals surface area contributed by atoms with Crippen LogP contribution in [0, 0.1) is 6.92 Å². The Bertz CT molecular complexity index is 490. The van der Waals surface area contributed by atoms with Crippen molar-refractivity contribution in [3.63, 3.8) is 0 Å². The van der Waals surface area contributed by atoms with Gasteiger partial charge >= 0.3 is 6.09 Å². The number of hydrogen-bond donors (Lipinski definition) is 1. The molecular formula is C18H27NO2. The van der Waals surface area contributed by atoms with Crippen LogP contribution in [0.5, 0.6) is 0 Å². The quantitative estimate of drug-likeness (QED) is 0.867. The van der Waals surface area contributed by atoms with Crippen molar-refractivity contribution >= 4 is 6.09 Å². The summed E-state index contributed by atoms with van der Waals surface area (Å²) in [4.78, 5) is 11.9. The van der Waals surface area contributed by atoms with Gasteiger partial charge in [0.2, 0.25) is 0 Å². The molecule has 0 aliphatic heterocycles. The molecule has 1 aliphatic carbocycles. The first-order chi connectivity index (χ1) is 9.83. The Morgan fingerprint density at radius 3 is 2.71 bits per heavy atom. The summed E-state index contributed by atoms with van der Waals surface area (Å²) in [5.41, 5.74) is 2.26. The van der Waals surface area contributed by atoms with Gasteiger partial charge in [-0.15, -0.1) is 0 Å². The molecule has 2 atom stereocenters. The number of benzene rings is 1. The zero-order valence-electron chi connectivity index (χ0n) is 13.6. The molecule has 0 spiro atoms. The Balaban J connectivity index is 1.93. The highest BCUT2D eigenvalue weighted by molar-refractivity contribution is 5.68. The van der Waals surface area contributed by atoms with E-state index in [1.165, 1.54) is 17.5 Å². The Labute approximate surface area is 128 Å². The minimum atomic E-state index is -0.436. The van der Waals surface area contributed by atoms with Crippen LogP contribution in [0.1, 0.15) is 63.5 Å². The lowest BCUT2D eigenvalue weighted by Crippen LogP contribution is -2.41. The van der Waals surface area contributed by atoms with Crippen molar-refractivity contribution in [1.82, 2.24) is 5.32 Å². The van der Waals surface area contributed by atoms with Gasteiger partial charge in [0.1, 0.15) is 5.60 Å². The molecule has 1 saturated carbocycles. The maximum absolute atomic E-state index is 11.9. The van der Waals surface area contributed by atoms with Gasteiger partial charge in [0.05, 0.1) is 0 Å². The van der Waals surface area contributed by atoms with E-state index in [2.05, 4.69) is 36.5 Å². The van der Waals surface area contributed by atoms with Gasteiger partial charge in [-0.25, -0.2) is 4.79 Å². The molecule has 1 aromatic carbocycles. The molecule has 1 aliphatic rings. The van der Waals surface area contributed by atoms with Gasteiger partial charge in [0.15, 0.2) is 0 Å².